The lowest BCUT2D eigenvalue weighted by Crippen LogP contribution is -2.13. The standard InChI is InChI=1S/C16H20N2O/c1-4-8-18-9-7-17-16(18)15(19)11-14-10-12(2)5-6-13(14)3/h5-7,9-10H,4,8,11H2,1-3H3. The molecule has 2 rings (SSSR count). The maximum atomic E-state index is 12.4. The fourth-order valence-corrected chi connectivity index (χ4v) is 2.23. The molecule has 0 saturated heterocycles. The third-order valence-electron chi connectivity index (χ3n) is 3.29. The summed E-state index contributed by atoms with van der Waals surface area (Å²) in [5.41, 5.74) is 3.44. The van der Waals surface area contributed by atoms with Gasteiger partial charge in [-0.1, -0.05) is 30.7 Å². The van der Waals surface area contributed by atoms with Gasteiger partial charge in [-0.3, -0.25) is 4.79 Å². The minimum Gasteiger partial charge on any atom is -0.329 e. The number of aryl methyl sites for hydroxylation is 3. The molecule has 0 aliphatic carbocycles. The van der Waals surface area contributed by atoms with Crippen LogP contribution in [0.2, 0.25) is 0 Å². The molecule has 0 radical (unpaired) electrons. The molecule has 100 valence electrons. The predicted molar refractivity (Wildman–Crippen MR) is 76.5 cm³/mol. The second kappa shape index (κ2) is 5.83. The van der Waals surface area contributed by atoms with E-state index in [2.05, 4.69) is 30.1 Å². The van der Waals surface area contributed by atoms with Crippen molar-refractivity contribution in [1.82, 2.24) is 9.55 Å². The van der Waals surface area contributed by atoms with Crippen molar-refractivity contribution < 1.29 is 4.79 Å². The topological polar surface area (TPSA) is 34.9 Å². The first-order chi connectivity index (χ1) is 9.11. The van der Waals surface area contributed by atoms with Crippen molar-refractivity contribution in [2.45, 2.75) is 40.2 Å². The highest BCUT2D eigenvalue weighted by Gasteiger charge is 2.14. The molecular weight excluding hydrogens is 236 g/mol. The Kier molecular flexibility index (Phi) is 4.15. The fraction of sp³-hybridized carbons (Fsp3) is 0.375. The summed E-state index contributed by atoms with van der Waals surface area (Å²) in [5, 5.41) is 0. The molecule has 0 saturated carbocycles. The summed E-state index contributed by atoms with van der Waals surface area (Å²) in [5.74, 6) is 0.662. The van der Waals surface area contributed by atoms with Crippen molar-refractivity contribution in [2.24, 2.45) is 0 Å². The van der Waals surface area contributed by atoms with Crippen LogP contribution in [-0.4, -0.2) is 15.3 Å². The molecule has 0 atom stereocenters. The maximum Gasteiger partial charge on any atom is 0.202 e. The monoisotopic (exact) mass is 256 g/mol. The Morgan fingerprint density at radius 2 is 2.11 bits per heavy atom. The highest BCUT2D eigenvalue weighted by molar-refractivity contribution is 5.94. The van der Waals surface area contributed by atoms with Crippen LogP contribution in [-0.2, 0) is 13.0 Å². The minimum atomic E-state index is 0.0900. The van der Waals surface area contributed by atoms with Crippen LogP contribution in [0.4, 0.5) is 0 Å². The number of Topliss-reactive ketones (excluding diaryl/α,β-unsaturated/α-hetero) is 1. The molecule has 2 aromatic rings. The number of carbonyl (C=O) groups is 1. The predicted octanol–water partition coefficient (Wildman–Crippen LogP) is 3.34. The van der Waals surface area contributed by atoms with Gasteiger partial charge in [0.25, 0.3) is 0 Å². The molecule has 0 amide bonds. The number of carbonyl (C=O) groups excluding carboxylic acids is 1. The number of benzene rings is 1. The zero-order valence-electron chi connectivity index (χ0n) is 11.8. The van der Waals surface area contributed by atoms with E-state index in [4.69, 9.17) is 0 Å². The summed E-state index contributed by atoms with van der Waals surface area (Å²) in [6.07, 6.45) is 5.00. The Morgan fingerprint density at radius 3 is 2.84 bits per heavy atom. The number of ketones is 1. The SMILES string of the molecule is CCCn1ccnc1C(=O)Cc1cc(C)ccc1C. The molecule has 0 bridgehead atoms. The summed E-state index contributed by atoms with van der Waals surface area (Å²) in [7, 11) is 0. The second-order valence-corrected chi connectivity index (χ2v) is 4.97. The van der Waals surface area contributed by atoms with Crippen LogP contribution in [0.25, 0.3) is 0 Å². The molecule has 0 aliphatic heterocycles. The van der Waals surface area contributed by atoms with Crippen molar-refractivity contribution in [1.29, 1.82) is 0 Å². The zero-order valence-corrected chi connectivity index (χ0v) is 11.8. The first-order valence-corrected chi connectivity index (χ1v) is 6.72. The molecule has 0 spiro atoms. The van der Waals surface area contributed by atoms with E-state index in [1.54, 1.807) is 6.20 Å². The lowest BCUT2D eigenvalue weighted by Gasteiger charge is -2.08. The van der Waals surface area contributed by atoms with Gasteiger partial charge in [0.2, 0.25) is 5.78 Å². The highest BCUT2D eigenvalue weighted by Crippen LogP contribution is 2.14. The molecular formula is C16H20N2O. The summed E-state index contributed by atoms with van der Waals surface area (Å²) >= 11 is 0. The van der Waals surface area contributed by atoms with E-state index in [1.165, 1.54) is 5.56 Å². The molecule has 0 unspecified atom stereocenters. The lowest BCUT2D eigenvalue weighted by atomic mass is 10.0. The fourth-order valence-electron chi connectivity index (χ4n) is 2.23. The minimum absolute atomic E-state index is 0.0900. The third kappa shape index (κ3) is 3.11. The van der Waals surface area contributed by atoms with Crippen LogP contribution in [0, 0.1) is 13.8 Å². The Morgan fingerprint density at radius 1 is 1.32 bits per heavy atom. The smallest absolute Gasteiger partial charge is 0.202 e. The van der Waals surface area contributed by atoms with Gasteiger partial charge in [-0.2, -0.15) is 0 Å². The van der Waals surface area contributed by atoms with Crippen LogP contribution in [0.3, 0.4) is 0 Å². The van der Waals surface area contributed by atoms with Crippen molar-refractivity contribution in [3.8, 4) is 0 Å². The van der Waals surface area contributed by atoms with Gasteiger partial charge in [0.05, 0.1) is 0 Å². The number of aromatic nitrogens is 2. The Balaban J connectivity index is 2.21. The quantitative estimate of drug-likeness (QED) is 0.769. The summed E-state index contributed by atoms with van der Waals surface area (Å²) in [6, 6.07) is 6.22. The van der Waals surface area contributed by atoms with Gasteiger partial charge in [-0.25, -0.2) is 4.98 Å². The number of imidazole rings is 1. The first kappa shape index (κ1) is 13.5. The molecule has 0 N–H and O–H groups in total. The van der Waals surface area contributed by atoms with Crippen LogP contribution in [0.15, 0.2) is 30.6 Å². The molecule has 1 heterocycles. The number of hydrogen-bond acceptors (Lipinski definition) is 2. The summed E-state index contributed by atoms with van der Waals surface area (Å²) < 4.78 is 1.94. The van der Waals surface area contributed by atoms with Crippen molar-refractivity contribution >= 4 is 5.78 Å². The molecule has 1 aromatic heterocycles. The van der Waals surface area contributed by atoms with Crippen molar-refractivity contribution in [3.63, 3.8) is 0 Å². The van der Waals surface area contributed by atoms with Gasteiger partial charge >= 0.3 is 0 Å². The van der Waals surface area contributed by atoms with Gasteiger partial charge in [-0.15, -0.1) is 0 Å². The highest BCUT2D eigenvalue weighted by atomic mass is 16.1. The van der Waals surface area contributed by atoms with Gasteiger partial charge in [-0.05, 0) is 31.4 Å². The summed E-state index contributed by atoms with van der Waals surface area (Å²) in [6.45, 7) is 7.03. The number of rotatable bonds is 5. The van der Waals surface area contributed by atoms with E-state index in [9.17, 15) is 4.79 Å². The van der Waals surface area contributed by atoms with Crippen LogP contribution in [0.5, 0.6) is 0 Å². The average Bonchev–Trinajstić information content (AvgIpc) is 2.82. The first-order valence-electron chi connectivity index (χ1n) is 6.72. The zero-order chi connectivity index (χ0) is 13.8. The van der Waals surface area contributed by atoms with Gasteiger partial charge in [0, 0.05) is 25.4 Å². The van der Waals surface area contributed by atoms with E-state index < -0.39 is 0 Å². The molecule has 19 heavy (non-hydrogen) atoms. The molecule has 0 aliphatic rings. The van der Waals surface area contributed by atoms with Crippen LogP contribution < -0.4 is 0 Å². The number of nitrogens with zero attached hydrogens (tertiary/aromatic N) is 2. The van der Waals surface area contributed by atoms with Gasteiger partial charge in [0.15, 0.2) is 5.82 Å². The second-order valence-electron chi connectivity index (χ2n) is 4.97. The average molecular weight is 256 g/mol. The molecule has 0 fully saturated rings. The Hall–Kier alpha value is -1.90. The summed E-state index contributed by atoms with van der Waals surface area (Å²) in [4.78, 5) is 16.5. The van der Waals surface area contributed by atoms with E-state index in [1.807, 2.05) is 24.6 Å². The normalized spacial score (nSPS) is 10.7. The van der Waals surface area contributed by atoms with E-state index >= 15 is 0 Å². The van der Waals surface area contributed by atoms with E-state index in [0.717, 1.165) is 24.1 Å². The van der Waals surface area contributed by atoms with Gasteiger partial charge < -0.3 is 4.57 Å². The molecule has 1 aromatic carbocycles. The lowest BCUT2D eigenvalue weighted by molar-refractivity contribution is 0.0978. The maximum absolute atomic E-state index is 12.4. The van der Waals surface area contributed by atoms with Gasteiger partial charge in [0.1, 0.15) is 0 Å². The molecule has 3 nitrogen and oxygen atoms in total. The largest absolute Gasteiger partial charge is 0.329 e. The van der Waals surface area contributed by atoms with Crippen molar-refractivity contribution in [3.05, 3.63) is 53.1 Å². The Bertz CT molecular complexity index is 584. The third-order valence-corrected chi connectivity index (χ3v) is 3.29. The van der Waals surface area contributed by atoms with Crippen LogP contribution >= 0.6 is 0 Å². The number of hydrogen-bond donors (Lipinski definition) is 0. The van der Waals surface area contributed by atoms with Crippen molar-refractivity contribution in [2.75, 3.05) is 0 Å². The van der Waals surface area contributed by atoms with E-state index in [-0.39, 0.29) is 5.78 Å². The molecule has 3 heteroatoms. The van der Waals surface area contributed by atoms with E-state index in [0.29, 0.717) is 12.2 Å². The van der Waals surface area contributed by atoms with Crippen LogP contribution in [0.1, 0.15) is 40.7 Å². The Labute approximate surface area is 114 Å².